The average Bonchev–Trinajstić information content (AvgIpc) is 2.15. The topological polar surface area (TPSA) is 26.0 Å². The van der Waals surface area contributed by atoms with Crippen molar-refractivity contribution in [1.29, 1.82) is 0 Å². The maximum absolute atomic E-state index is 5.48. The summed E-state index contributed by atoms with van der Waals surface area (Å²) in [6.07, 6.45) is 4.04. The lowest BCUT2D eigenvalue weighted by atomic mass is 10.1. The highest BCUT2D eigenvalue weighted by Crippen LogP contribution is 2.05. The van der Waals surface area contributed by atoms with Gasteiger partial charge in [-0.1, -0.05) is 61.6 Å². The lowest BCUT2D eigenvalue weighted by molar-refractivity contribution is 1.01. The third-order valence-electron chi connectivity index (χ3n) is 1.83. The highest BCUT2D eigenvalue weighted by atomic mass is 32.1. The van der Waals surface area contributed by atoms with Crippen LogP contribution in [0.5, 0.6) is 0 Å². The normalized spacial score (nSPS) is 13.0. The first-order chi connectivity index (χ1) is 6.20. The SMILES string of the molecule is CC(C=Cc1ccccc1)C(N)=S. The third-order valence-corrected chi connectivity index (χ3v) is 2.20. The Morgan fingerprint density at radius 1 is 1.38 bits per heavy atom. The molecule has 2 heteroatoms. The second-order valence-corrected chi connectivity index (χ2v) is 3.43. The summed E-state index contributed by atoms with van der Waals surface area (Å²) < 4.78 is 0. The van der Waals surface area contributed by atoms with Gasteiger partial charge in [0, 0.05) is 5.92 Å². The molecule has 1 nitrogen and oxygen atoms in total. The fraction of sp³-hybridized carbons (Fsp3) is 0.182. The van der Waals surface area contributed by atoms with Gasteiger partial charge in [0.2, 0.25) is 0 Å². The Balaban J connectivity index is 2.64. The molecule has 0 radical (unpaired) electrons. The fourth-order valence-electron chi connectivity index (χ4n) is 0.914. The first kappa shape index (κ1) is 9.93. The molecule has 0 aliphatic rings. The zero-order valence-corrected chi connectivity index (χ0v) is 8.42. The largest absolute Gasteiger partial charge is 0.393 e. The Morgan fingerprint density at radius 3 is 2.54 bits per heavy atom. The molecule has 1 unspecified atom stereocenters. The molecular formula is C11H13NS. The van der Waals surface area contributed by atoms with Gasteiger partial charge in [-0.3, -0.25) is 0 Å². The van der Waals surface area contributed by atoms with Crippen LogP contribution >= 0.6 is 12.2 Å². The second kappa shape index (κ2) is 4.77. The number of thiocarbonyl (C=S) groups is 1. The highest BCUT2D eigenvalue weighted by molar-refractivity contribution is 7.80. The Hall–Kier alpha value is -1.15. The lowest BCUT2D eigenvalue weighted by Crippen LogP contribution is -2.15. The van der Waals surface area contributed by atoms with Gasteiger partial charge in [0.15, 0.2) is 0 Å². The molecular weight excluding hydrogens is 178 g/mol. The van der Waals surface area contributed by atoms with Crippen LogP contribution in [-0.4, -0.2) is 4.99 Å². The van der Waals surface area contributed by atoms with E-state index in [0.717, 1.165) is 0 Å². The molecule has 0 saturated carbocycles. The summed E-state index contributed by atoms with van der Waals surface area (Å²) in [6.45, 7) is 1.99. The summed E-state index contributed by atoms with van der Waals surface area (Å²) in [5.74, 6) is 0.162. The minimum Gasteiger partial charge on any atom is -0.393 e. The van der Waals surface area contributed by atoms with Gasteiger partial charge in [0.25, 0.3) is 0 Å². The quantitative estimate of drug-likeness (QED) is 0.743. The summed E-state index contributed by atoms with van der Waals surface area (Å²) in [7, 11) is 0. The monoisotopic (exact) mass is 191 g/mol. The van der Waals surface area contributed by atoms with E-state index in [9.17, 15) is 0 Å². The van der Waals surface area contributed by atoms with Gasteiger partial charge in [0.05, 0.1) is 4.99 Å². The predicted molar refractivity (Wildman–Crippen MR) is 61.4 cm³/mol. The number of nitrogens with two attached hydrogens (primary N) is 1. The molecule has 0 aromatic heterocycles. The molecule has 0 heterocycles. The first-order valence-corrected chi connectivity index (χ1v) is 4.63. The summed E-state index contributed by atoms with van der Waals surface area (Å²) in [6, 6.07) is 10.1. The summed E-state index contributed by atoms with van der Waals surface area (Å²) in [5.41, 5.74) is 6.65. The van der Waals surface area contributed by atoms with Crippen LogP contribution in [0, 0.1) is 5.92 Å². The van der Waals surface area contributed by atoms with Crippen molar-refractivity contribution in [2.24, 2.45) is 11.7 Å². The molecule has 1 aromatic rings. The van der Waals surface area contributed by atoms with E-state index in [0.29, 0.717) is 4.99 Å². The van der Waals surface area contributed by atoms with E-state index in [-0.39, 0.29) is 5.92 Å². The predicted octanol–water partition coefficient (Wildman–Crippen LogP) is 2.62. The molecule has 2 N–H and O–H groups in total. The van der Waals surface area contributed by atoms with E-state index in [1.165, 1.54) is 5.56 Å². The summed E-state index contributed by atoms with van der Waals surface area (Å²) >= 11 is 4.86. The van der Waals surface area contributed by atoms with Crippen molar-refractivity contribution >= 4 is 23.3 Å². The summed E-state index contributed by atoms with van der Waals surface area (Å²) in [5, 5.41) is 0. The first-order valence-electron chi connectivity index (χ1n) is 4.22. The molecule has 0 bridgehead atoms. The Bertz CT molecular complexity index is 303. The smallest absolute Gasteiger partial charge is 0.0794 e. The van der Waals surface area contributed by atoms with Gasteiger partial charge in [-0.2, -0.15) is 0 Å². The molecule has 13 heavy (non-hydrogen) atoms. The van der Waals surface area contributed by atoms with Crippen LogP contribution in [0.1, 0.15) is 12.5 Å². The number of hydrogen-bond donors (Lipinski definition) is 1. The van der Waals surface area contributed by atoms with Crippen molar-refractivity contribution < 1.29 is 0 Å². The molecule has 0 amide bonds. The Kier molecular flexibility index (Phi) is 3.65. The molecule has 1 rings (SSSR count). The van der Waals surface area contributed by atoms with Crippen molar-refractivity contribution in [1.82, 2.24) is 0 Å². The van der Waals surface area contributed by atoms with Crippen LogP contribution in [0.25, 0.3) is 6.08 Å². The minimum atomic E-state index is 0.162. The van der Waals surface area contributed by atoms with Gasteiger partial charge in [-0.05, 0) is 5.56 Å². The number of hydrogen-bond acceptors (Lipinski definition) is 1. The van der Waals surface area contributed by atoms with Gasteiger partial charge in [-0.25, -0.2) is 0 Å². The molecule has 68 valence electrons. The molecule has 0 aliphatic heterocycles. The molecule has 0 saturated heterocycles. The van der Waals surface area contributed by atoms with Crippen LogP contribution in [0.2, 0.25) is 0 Å². The van der Waals surface area contributed by atoms with Crippen molar-refractivity contribution in [3.8, 4) is 0 Å². The van der Waals surface area contributed by atoms with Crippen molar-refractivity contribution in [3.05, 3.63) is 42.0 Å². The standard InChI is InChI=1S/C11H13NS/c1-9(11(12)13)7-8-10-5-3-2-4-6-10/h2-9H,1H3,(H2,12,13). The molecule has 0 aliphatic carbocycles. The van der Waals surface area contributed by atoms with E-state index >= 15 is 0 Å². The van der Waals surface area contributed by atoms with Crippen molar-refractivity contribution in [2.45, 2.75) is 6.92 Å². The van der Waals surface area contributed by atoms with Crippen LogP contribution in [0.3, 0.4) is 0 Å². The average molecular weight is 191 g/mol. The minimum absolute atomic E-state index is 0.162. The molecule has 1 atom stereocenters. The van der Waals surface area contributed by atoms with Crippen LogP contribution in [-0.2, 0) is 0 Å². The van der Waals surface area contributed by atoms with Crippen LogP contribution < -0.4 is 5.73 Å². The number of benzene rings is 1. The van der Waals surface area contributed by atoms with E-state index in [1.54, 1.807) is 0 Å². The van der Waals surface area contributed by atoms with E-state index in [4.69, 9.17) is 18.0 Å². The van der Waals surface area contributed by atoms with Gasteiger partial charge in [0.1, 0.15) is 0 Å². The van der Waals surface area contributed by atoms with E-state index in [2.05, 4.69) is 0 Å². The van der Waals surface area contributed by atoms with Crippen LogP contribution in [0.4, 0.5) is 0 Å². The van der Waals surface area contributed by atoms with Crippen molar-refractivity contribution in [3.63, 3.8) is 0 Å². The van der Waals surface area contributed by atoms with E-state index in [1.807, 2.05) is 49.4 Å². The summed E-state index contributed by atoms with van der Waals surface area (Å²) in [4.78, 5) is 0.534. The highest BCUT2D eigenvalue weighted by Gasteiger charge is 1.97. The Labute approximate surface area is 84.3 Å². The third kappa shape index (κ3) is 3.38. The Morgan fingerprint density at radius 2 is 2.00 bits per heavy atom. The van der Waals surface area contributed by atoms with Crippen molar-refractivity contribution in [2.75, 3.05) is 0 Å². The fourth-order valence-corrected chi connectivity index (χ4v) is 0.993. The molecule has 0 fully saturated rings. The maximum atomic E-state index is 5.48. The van der Waals surface area contributed by atoms with Crippen LogP contribution in [0.15, 0.2) is 36.4 Å². The van der Waals surface area contributed by atoms with Gasteiger partial charge in [-0.15, -0.1) is 0 Å². The zero-order valence-electron chi connectivity index (χ0n) is 7.60. The second-order valence-electron chi connectivity index (χ2n) is 2.96. The van der Waals surface area contributed by atoms with E-state index < -0.39 is 0 Å². The van der Waals surface area contributed by atoms with Gasteiger partial charge < -0.3 is 5.73 Å². The number of rotatable bonds is 3. The molecule has 1 aromatic carbocycles. The lowest BCUT2D eigenvalue weighted by Gasteiger charge is -2.01. The maximum Gasteiger partial charge on any atom is 0.0794 e. The molecule has 0 spiro atoms. The zero-order chi connectivity index (χ0) is 9.68. The van der Waals surface area contributed by atoms with Gasteiger partial charge >= 0.3 is 0 Å².